The van der Waals surface area contributed by atoms with Gasteiger partial charge in [0.1, 0.15) is 24.1 Å². The number of amides is 1. The zero-order valence-corrected chi connectivity index (χ0v) is 19.3. The van der Waals surface area contributed by atoms with Gasteiger partial charge in [0.15, 0.2) is 18.4 Å². The molecule has 1 fully saturated rings. The van der Waals surface area contributed by atoms with E-state index in [0.29, 0.717) is 0 Å². The summed E-state index contributed by atoms with van der Waals surface area (Å²) in [6.07, 6.45) is -3.69. The summed E-state index contributed by atoms with van der Waals surface area (Å²) in [6, 6.07) is 0.145. The van der Waals surface area contributed by atoms with Crippen LogP contribution in [0.15, 0.2) is 17.1 Å². The Kier molecular flexibility index (Phi) is 7.67. The summed E-state index contributed by atoms with van der Waals surface area (Å²) in [5, 5.41) is 0. The molecule has 0 unspecified atom stereocenters. The molecule has 0 radical (unpaired) electrons. The van der Waals surface area contributed by atoms with Gasteiger partial charge in [-0.25, -0.2) is 9.59 Å². The zero-order chi connectivity index (χ0) is 25.1. The standard InChI is InChI=1S/C20H28N4O9/c1-10(25)30-9-13-15(31-11(2)26)16(32-12(3)27)17(23-8-7-14(21)22-18(23)28)24(13)19(29)33-20(4,5)6/h7-8,13,15-17H,9H2,1-6H3,(H2,21,22,28)/t13-,15-,16-,17-/m1/s1. The third kappa shape index (κ3) is 6.43. The maximum atomic E-state index is 13.3. The first-order chi connectivity index (χ1) is 15.2. The second-order valence-corrected chi connectivity index (χ2v) is 8.36. The summed E-state index contributed by atoms with van der Waals surface area (Å²) in [7, 11) is 0. The molecular formula is C20H28N4O9. The van der Waals surface area contributed by atoms with Crippen LogP contribution in [0.1, 0.15) is 47.7 Å². The number of hydrogen-bond acceptors (Lipinski definition) is 11. The van der Waals surface area contributed by atoms with Crippen molar-refractivity contribution in [2.24, 2.45) is 0 Å². The fraction of sp³-hybridized carbons (Fsp3) is 0.600. The topological polar surface area (TPSA) is 169 Å². The SMILES string of the molecule is CC(=O)OC[C@@H]1[C@@H](OC(C)=O)[C@@H](OC(C)=O)[C@H](n2ccc(N)nc2=O)N1C(=O)OC(C)(C)C. The van der Waals surface area contributed by atoms with Gasteiger partial charge in [-0.15, -0.1) is 0 Å². The molecule has 0 spiro atoms. The van der Waals surface area contributed by atoms with Crippen molar-refractivity contribution in [1.82, 2.24) is 14.5 Å². The highest BCUT2D eigenvalue weighted by molar-refractivity contribution is 5.72. The third-order valence-corrected chi connectivity index (χ3v) is 4.44. The number of nitrogen functional groups attached to an aromatic ring is 1. The van der Waals surface area contributed by atoms with Gasteiger partial charge in [-0.2, -0.15) is 4.98 Å². The molecule has 0 aliphatic carbocycles. The van der Waals surface area contributed by atoms with Crippen molar-refractivity contribution in [2.75, 3.05) is 12.3 Å². The van der Waals surface area contributed by atoms with Crippen LogP contribution in [0.4, 0.5) is 10.6 Å². The number of anilines is 1. The van der Waals surface area contributed by atoms with E-state index in [9.17, 15) is 24.0 Å². The Bertz CT molecular complexity index is 984. The summed E-state index contributed by atoms with van der Waals surface area (Å²) in [6.45, 7) is 7.84. The molecular weight excluding hydrogens is 440 g/mol. The molecule has 4 atom stereocenters. The van der Waals surface area contributed by atoms with E-state index in [0.717, 1.165) is 30.2 Å². The van der Waals surface area contributed by atoms with Crippen molar-refractivity contribution >= 4 is 29.8 Å². The van der Waals surface area contributed by atoms with Crippen LogP contribution < -0.4 is 11.4 Å². The molecule has 1 aliphatic heterocycles. The van der Waals surface area contributed by atoms with Crippen molar-refractivity contribution in [2.45, 2.75) is 71.6 Å². The molecule has 182 valence electrons. The van der Waals surface area contributed by atoms with Crippen LogP contribution in [-0.2, 0) is 33.3 Å². The van der Waals surface area contributed by atoms with E-state index in [2.05, 4.69) is 4.98 Å². The van der Waals surface area contributed by atoms with Gasteiger partial charge in [0.25, 0.3) is 0 Å². The Balaban J connectivity index is 2.72. The van der Waals surface area contributed by atoms with E-state index in [1.807, 2.05) is 0 Å². The van der Waals surface area contributed by atoms with Gasteiger partial charge in [0.2, 0.25) is 0 Å². The molecule has 33 heavy (non-hydrogen) atoms. The van der Waals surface area contributed by atoms with Crippen molar-refractivity contribution in [3.63, 3.8) is 0 Å². The van der Waals surface area contributed by atoms with Gasteiger partial charge in [-0.3, -0.25) is 23.9 Å². The average Bonchev–Trinajstić information content (AvgIpc) is 2.91. The highest BCUT2D eigenvalue weighted by Gasteiger charge is 2.57. The molecule has 1 aromatic heterocycles. The monoisotopic (exact) mass is 468 g/mol. The minimum Gasteiger partial charge on any atom is -0.464 e. The maximum absolute atomic E-state index is 13.3. The van der Waals surface area contributed by atoms with Gasteiger partial charge in [-0.05, 0) is 26.8 Å². The lowest BCUT2D eigenvalue weighted by Crippen LogP contribution is -2.48. The summed E-state index contributed by atoms with van der Waals surface area (Å²) < 4.78 is 22.4. The fourth-order valence-corrected chi connectivity index (χ4v) is 3.41. The second kappa shape index (κ2) is 9.88. The number of nitrogens with two attached hydrogens (primary N) is 1. The Morgan fingerprint density at radius 3 is 2.09 bits per heavy atom. The number of esters is 3. The molecule has 0 aromatic carbocycles. The van der Waals surface area contributed by atoms with Crippen LogP contribution in [-0.4, -0.2) is 68.9 Å². The smallest absolute Gasteiger partial charge is 0.412 e. The molecule has 0 bridgehead atoms. The summed E-state index contributed by atoms with van der Waals surface area (Å²) in [5.41, 5.74) is 3.77. The van der Waals surface area contributed by atoms with Gasteiger partial charge in [0, 0.05) is 27.0 Å². The maximum Gasteiger partial charge on any atom is 0.412 e. The molecule has 13 nitrogen and oxygen atoms in total. The van der Waals surface area contributed by atoms with Crippen molar-refractivity contribution in [3.05, 3.63) is 22.7 Å². The van der Waals surface area contributed by atoms with Gasteiger partial charge in [-0.1, -0.05) is 0 Å². The van der Waals surface area contributed by atoms with E-state index >= 15 is 0 Å². The highest BCUT2D eigenvalue weighted by Crippen LogP contribution is 2.38. The first-order valence-corrected chi connectivity index (χ1v) is 10.0. The molecule has 2 heterocycles. The van der Waals surface area contributed by atoms with Gasteiger partial charge >= 0.3 is 29.7 Å². The summed E-state index contributed by atoms with van der Waals surface area (Å²) in [4.78, 5) is 65.9. The van der Waals surface area contributed by atoms with Crippen LogP contribution in [0.2, 0.25) is 0 Å². The van der Waals surface area contributed by atoms with Crippen LogP contribution in [0.5, 0.6) is 0 Å². The largest absolute Gasteiger partial charge is 0.464 e. The van der Waals surface area contributed by atoms with Crippen LogP contribution in [0.3, 0.4) is 0 Å². The molecule has 1 saturated heterocycles. The lowest BCUT2D eigenvalue weighted by atomic mass is 10.1. The molecule has 1 aliphatic rings. The molecule has 2 N–H and O–H groups in total. The minimum absolute atomic E-state index is 0.0740. The Hall–Kier alpha value is -3.64. The number of aromatic nitrogens is 2. The Morgan fingerprint density at radius 1 is 1.03 bits per heavy atom. The highest BCUT2D eigenvalue weighted by atomic mass is 16.6. The van der Waals surface area contributed by atoms with Crippen molar-refractivity contribution in [1.29, 1.82) is 0 Å². The van der Waals surface area contributed by atoms with Crippen LogP contribution in [0, 0.1) is 0 Å². The van der Waals surface area contributed by atoms with E-state index in [1.54, 1.807) is 20.8 Å². The summed E-state index contributed by atoms with van der Waals surface area (Å²) >= 11 is 0. The van der Waals surface area contributed by atoms with Crippen LogP contribution >= 0.6 is 0 Å². The van der Waals surface area contributed by atoms with E-state index in [4.69, 9.17) is 24.7 Å². The first kappa shape index (κ1) is 25.6. The summed E-state index contributed by atoms with van der Waals surface area (Å²) in [5.74, 6) is -2.26. The number of likely N-dealkylation sites (tertiary alicyclic amines) is 1. The minimum atomic E-state index is -1.36. The second-order valence-electron chi connectivity index (χ2n) is 8.36. The van der Waals surface area contributed by atoms with Crippen molar-refractivity contribution in [3.8, 4) is 0 Å². The lowest BCUT2D eigenvalue weighted by molar-refractivity contribution is -0.166. The number of rotatable bonds is 5. The fourth-order valence-electron chi connectivity index (χ4n) is 3.41. The van der Waals surface area contributed by atoms with Crippen molar-refractivity contribution < 1.29 is 38.1 Å². The zero-order valence-electron chi connectivity index (χ0n) is 19.3. The van der Waals surface area contributed by atoms with Gasteiger partial charge < -0.3 is 24.7 Å². The number of carbonyl (C=O) groups excluding carboxylic acids is 4. The van der Waals surface area contributed by atoms with Crippen LogP contribution in [0.25, 0.3) is 0 Å². The number of hydrogen-bond donors (Lipinski definition) is 1. The number of nitrogens with zero attached hydrogens (tertiary/aromatic N) is 3. The lowest BCUT2D eigenvalue weighted by Gasteiger charge is -2.33. The predicted molar refractivity (Wildman–Crippen MR) is 112 cm³/mol. The van der Waals surface area contributed by atoms with Gasteiger partial charge in [0.05, 0.1) is 0 Å². The normalized spacial score (nSPS) is 22.4. The third-order valence-electron chi connectivity index (χ3n) is 4.44. The van der Waals surface area contributed by atoms with E-state index in [-0.39, 0.29) is 5.82 Å². The first-order valence-electron chi connectivity index (χ1n) is 10.0. The molecule has 1 aromatic rings. The molecule has 1 amide bonds. The Morgan fingerprint density at radius 2 is 1.61 bits per heavy atom. The average molecular weight is 468 g/mol. The predicted octanol–water partition coefficient (Wildman–Crippen LogP) is 0.370. The molecule has 2 rings (SSSR count). The van der Waals surface area contributed by atoms with E-state index < -0.39 is 66.3 Å². The Labute approximate surface area is 189 Å². The van der Waals surface area contributed by atoms with E-state index in [1.165, 1.54) is 12.3 Å². The number of ether oxygens (including phenoxy) is 4. The molecule has 13 heteroatoms. The number of carbonyl (C=O) groups is 4. The quantitative estimate of drug-likeness (QED) is 0.468. The molecule has 0 saturated carbocycles.